The summed E-state index contributed by atoms with van der Waals surface area (Å²) in [5.41, 5.74) is 1.66. The quantitative estimate of drug-likeness (QED) is 0.530. The molecule has 168 valence electrons. The van der Waals surface area contributed by atoms with Crippen LogP contribution in [0.1, 0.15) is 48.3 Å². The summed E-state index contributed by atoms with van der Waals surface area (Å²) in [4.78, 5) is 13.2. The first-order chi connectivity index (χ1) is 15.1. The van der Waals surface area contributed by atoms with Crippen LogP contribution in [-0.2, 0) is 9.73 Å². The molecule has 0 saturated carbocycles. The first-order valence-electron chi connectivity index (χ1n) is 10.1. The van der Waals surface area contributed by atoms with Gasteiger partial charge in [-0.25, -0.2) is 32.3 Å². The summed E-state index contributed by atoms with van der Waals surface area (Å²) in [6, 6.07) is 5.15. The maximum Gasteiger partial charge on any atom is 0.266 e. The van der Waals surface area contributed by atoms with E-state index in [9.17, 15) is 17.4 Å². The zero-order chi connectivity index (χ0) is 23.0. The van der Waals surface area contributed by atoms with Crippen molar-refractivity contribution in [3.05, 3.63) is 64.9 Å². The molecule has 1 aliphatic heterocycles. The van der Waals surface area contributed by atoms with Crippen molar-refractivity contribution >= 4 is 32.2 Å². The second kappa shape index (κ2) is 8.50. The number of halogens is 3. The van der Waals surface area contributed by atoms with Gasteiger partial charge in [0, 0.05) is 27.2 Å². The van der Waals surface area contributed by atoms with E-state index in [4.69, 9.17) is 4.78 Å². The van der Waals surface area contributed by atoms with E-state index in [0.29, 0.717) is 34.8 Å². The van der Waals surface area contributed by atoms with Gasteiger partial charge < -0.3 is 5.32 Å². The molecule has 2 atom stereocenters. The average Bonchev–Trinajstić information content (AvgIpc) is 2.73. The van der Waals surface area contributed by atoms with Crippen LogP contribution in [0.15, 0.2) is 36.5 Å². The predicted octanol–water partition coefficient (Wildman–Crippen LogP) is 5.42. The van der Waals surface area contributed by atoms with Crippen molar-refractivity contribution in [2.45, 2.75) is 32.7 Å². The van der Waals surface area contributed by atoms with Crippen LogP contribution in [0, 0.1) is 17.5 Å². The van der Waals surface area contributed by atoms with Crippen molar-refractivity contribution in [2.24, 2.45) is 0 Å². The highest BCUT2D eigenvalue weighted by Gasteiger charge is 2.21. The number of aromatic nitrogens is 3. The van der Waals surface area contributed by atoms with Crippen molar-refractivity contribution in [1.82, 2.24) is 15.0 Å². The lowest BCUT2D eigenvalue weighted by Crippen LogP contribution is -2.14. The van der Waals surface area contributed by atoms with Gasteiger partial charge in [-0.05, 0) is 37.5 Å². The summed E-state index contributed by atoms with van der Waals surface area (Å²) in [6.07, 6.45) is 1.08. The zero-order valence-electron chi connectivity index (χ0n) is 17.5. The normalized spacial score (nSPS) is 19.8. The molecule has 4 rings (SSSR count). The number of allylic oxidation sites excluding steroid dienone is 1. The molecule has 0 bridgehead atoms. The molecule has 2 N–H and O–H groups in total. The Balaban J connectivity index is 1.72. The molecule has 10 heteroatoms. The van der Waals surface area contributed by atoms with Crippen LogP contribution in [0.5, 0.6) is 0 Å². The Labute approximate surface area is 184 Å². The fourth-order valence-electron chi connectivity index (χ4n) is 3.72. The summed E-state index contributed by atoms with van der Waals surface area (Å²) in [5.74, 6) is 0.426. The SMILES string of the molecule is Cc1nc(N[C@H](C)c2cccc(C(F)F)c2F)c2cc(C3=CCS(=N)(=O)CC3)cnc2n1. The van der Waals surface area contributed by atoms with E-state index in [1.807, 2.05) is 6.07 Å². The second-order valence-electron chi connectivity index (χ2n) is 7.79. The van der Waals surface area contributed by atoms with Crippen LogP contribution < -0.4 is 5.32 Å². The van der Waals surface area contributed by atoms with E-state index in [0.717, 1.165) is 17.2 Å². The number of rotatable bonds is 5. The molecule has 1 aliphatic rings. The molecule has 2 aromatic heterocycles. The number of fused-ring (bicyclic) bond motifs is 1. The Morgan fingerprint density at radius 3 is 2.66 bits per heavy atom. The van der Waals surface area contributed by atoms with E-state index >= 15 is 0 Å². The number of alkyl halides is 2. The lowest BCUT2D eigenvalue weighted by atomic mass is 10.0. The molecule has 32 heavy (non-hydrogen) atoms. The highest BCUT2D eigenvalue weighted by Crippen LogP contribution is 2.31. The Bertz CT molecular complexity index is 1320. The average molecular weight is 462 g/mol. The van der Waals surface area contributed by atoms with Gasteiger partial charge in [-0.1, -0.05) is 24.3 Å². The Morgan fingerprint density at radius 1 is 1.22 bits per heavy atom. The van der Waals surface area contributed by atoms with Crippen LogP contribution in [0.2, 0.25) is 0 Å². The van der Waals surface area contributed by atoms with Crippen LogP contribution in [0.4, 0.5) is 19.0 Å². The third-order valence-electron chi connectivity index (χ3n) is 5.45. The summed E-state index contributed by atoms with van der Waals surface area (Å²) < 4.78 is 60.5. The standard InChI is InChI=1S/C22H22F3N5OS/c1-12(16-4-3-5-17(19(16)23)20(24)25)28-22-18-10-15(11-27-21(18)29-13(2)30-22)14-6-8-32(26,31)9-7-14/h3-6,10-12,20,26H,7-9H2,1-2H3,(H,27,28,29,30)/t12-,32?/m1/s1. The molecule has 0 fully saturated rings. The first-order valence-corrected chi connectivity index (χ1v) is 11.9. The number of hydrogen-bond donors (Lipinski definition) is 2. The third kappa shape index (κ3) is 4.45. The Kier molecular flexibility index (Phi) is 5.89. The number of nitrogens with one attached hydrogen (secondary N) is 2. The van der Waals surface area contributed by atoms with Gasteiger partial charge in [0.05, 0.1) is 22.7 Å². The topological polar surface area (TPSA) is 91.6 Å². The van der Waals surface area contributed by atoms with E-state index in [1.54, 1.807) is 26.1 Å². The zero-order valence-corrected chi connectivity index (χ0v) is 18.3. The number of benzene rings is 1. The van der Waals surface area contributed by atoms with Gasteiger partial charge >= 0.3 is 0 Å². The van der Waals surface area contributed by atoms with E-state index < -0.39 is 33.6 Å². The van der Waals surface area contributed by atoms with Gasteiger partial charge in [-0.3, -0.25) is 4.78 Å². The number of nitrogens with zero attached hydrogens (tertiary/aromatic N) is 3. The fourth-order valence-corrected chi connectivity index (χ4v) is 4.91. The minimum atomic E-state index is -2.90. The maximum absolute atomic E-state index is 14.6. The molecule has 1 aromatic carbocycles. The van der Waals surface area contributed by atoms with E-state index in [1.165, 1.54) is 12.1 Å². The van der Waals surface area contributed by atoms with Crippen LogP contribution >= 0.6 is 0 Å². The molecule has 1 unspecified atom stereocenters. The highest BCUT2D eigenvalue weighted by molar-refractivity contribution is 7.92. The number of anilines is 1. The molecule has 0 aliphatic carbocycles. The summed E-state index contributed by atoms with van der Waals surface area (Å²) in [6.45, 7) is 3.38. The largest absolute Gasteiger partial charge is 0.363 e. The molecular weight excluding hydrogens is 439 g/mol. The summed E-state index contributed by atoms with van der Waals surface area (Å²) >= 11 is 0. The first kappa shape index (κ1) is 22.2. The lowest BCUT2D eigenvalue weighted by molar-refractivity contribution is 0.146. The summed E-state index contributed by atoms with van der Waals surface area (Å²) in [5, 5.41) is 3.72. The van der Waals surface area contributed by atoms with Gasteiger partial charge in [-0.15, -0.1) is 0 Å². The molecule has 0 spiro atoms. The van der Waals surface area contributed by atoms with E-state index in [-0.39, 0.29) is 11.3 Å². The smallest absolute Gasteiger partial charge is 0.266 e. The lowest BCUT2D eigenvalue weighted by Gasteiger charge is -2.19. The highest BCUT2D eigenvalue weighted by atomic mass is 32.2. The predicted molar refractivity (Wildman–Crippen MR) is 119 cm³/mol. The number of pyridine rings is 1. The van der Waals surface area contributed by atoms with E-state index in [2.05, 4.69) is 20.3 Å². The van der Waals surface area contributed by atoms with Gasteiger partial charge in [0.2, 0.25) is 0 Å². The molecule has 0 radical (unpaired) electrons. The minimum Gasteiger partial charge on any atom is -0.363 e. The van der Waals surface area contributed by atoms with Crippen molar-refractivity contribution in [3.8, 4) is 0 Å². The number of hydrogen-bond acceptors (Lipinski definition) is 6. The fraction of sp³-hybridized carbons (Fsp3) is 0.318. The van der Waals surface area contributed by atoms with Gasteiger partial charge in [-0.2, -0.15) is 0 Å². The van der Waals surface area contributed by atoms with Gasteiger partial charge in [0.1, 0.15) is 17.5 Å². The Hall–Kier alpha value is -3.01. The molecular formula is C22H22F3N5OS. The number of aryl methyl sites for hydroxylation is 1. The van der Waals surface area contributed by atoms with Crippen LogP contribution in [-0.4, -0.2) is 30.7 Å². The van der Waals surface area contributed by atoms with Crippen molar-refractivity contribution < 1.29 is 17.4 Å². The van der Waals surface area contributed by atoms with Crippen molar-refractivity contribution in [1.29, 1.82) is 4.78 Å². The van der Waals surface area contributed by atoms with Crippen molar-refractivity contribution in [3.63, 3.8) is 0 Å². The third-order valence-corrected chi connectivity index (χ3v) is 7.02. The maximum atomic E-state index is 14.6. The molecule has 0 amide bonds. The summed E-state index contributed by atoms with van der Waals surface area (Å²) in [7, 11) is -2.56. The van der Waals surface area contributed by atoms with Gasteiger partial charge in [0.15, 0.2) is 5.65 Å². The second-order valence-corrected chi connectivity index (χ2v) is 10.2. The monoisotopic (exact) mass is 461 g/mol. The molecule has 3 heterocycles. The minimum absolute atomic E-state index is 0.108. The molecule has 0 saturated heterocycles. The van der Waals surface area contributed by atoms with Crippen LogP contribution in [0.25, 0.3) is 16.6 Å². The van der Waals surface area contributed by atoms with Gasteiger partial charge in [0.25, 0.3) is 6.43 Å². The molecule has 3 aromatic rings. The van der Waals surface area contributed by atoms with Crippen LogP contribution in [0.3, 0.4) is 0 Å². The van der Waals surface area contributed by atoms with Crippen molar-refractivity contribution in [2.75, 3.05) is 16.8 Å². The molecule has 6 nitrogen and oxygen atoms in total. The Morgan fingerprint density at radius 2 is 1.97 bits per heavy atom.